The standard InChI is InChI=1S/C13H17N3/c1-10(2)15-16-9-8-14-13(16)12-7-5-4-6-11(12)3/h4-10,15H,1-3H3. The van der Waals surface area contributed by atoms with E-state index in [4.69, 9.17) is 0 Å². The fourth-order valence-corrected chi connectivity index (χ4v) is 1.71. The Morgan fingerprint density at radius 1 is 1.25 bits per heavy atom. The summed E-state index contributed by atoms with van der Waals surface area (Å²) in [6.07, 6.45) is 3.76. The van der Waals surface area contributed by atoms with Gasteiger partial charge in [0.1, 0.15) is 0 Å². The van der Waals surface area contributed by atoms with Crippen LogP contribution in [0.3, 0.4) is 0 Å². The minimum absolute atomic E-state index is 0.386. The third-order valence-corrected chi connectivity index (χ3v) is 2.42. The van der Waals surface area contributed by atoms with E-state index in [1.807, 2.05) is 29.2 Å². The van der Waals surface area contributed by atoms with Crippen LogP contribution < -0.4 is 5.43 Å². The number of hydrogen-bond donors (Lipinski definition) is 1. The number of aromatic nitrogens is 2. The Kier molecular flexibility index (Phi) is 2.95. The van der Waals surface area contributed by atoms with Gasteiger partial charge in [-0.25, -0.2) is 9.66 Å². The van der Waals surface area contributed by atoms with Crippen LogP contribution in [0.1, 0.15) is 19.4 Å². The molecule has 0 saturated carbocycles. The molecule has 0 saturated heterocycles. The Balaban J connectivity index is 2.41. The van der Waals surface area contributed by atoms with E-state index < -0.39 is 0 Å². The summed E-state index contributed by atoms with van der Waals surface area (Å²) >= 11 is 0. The molecule has 0 fully saturated rings. The van der Waals surface area contributed by atoms with Gasteiger partial charge in [-0.3, -0.25) is 0 Å². The van der Waals surface area contributed by atoms with E-state index in [9.17, 15) is 0 Å². The second-order valence-electron chi connectivity index (χ2n) is 4.22. The highest BCUT2D eigenvalue weighted by Crippen LogP contribution is 2.20. The first-order chi connectivity index (χ1) is 7.68. The van der Waals surface area contributed by atoms with Crippen molar-refractivity contribution in [3.8, 4) is 11.4 Å². The predicted octanol–water partition coefficient (Wildman–Crippen LogP) is 2.81. The van der Waals surface area contributed by atoms with E-state index in [1.54, 1.807) is 0 Å². The van der Waals surface area contributed by atoms with Gasteiger partial charge >= 0.3 is 0 Å². The van der Waals surface area contributed by atoms with Gasteiger partial charge in [-0.2, -0.15) is 0 Å². The number of hydrogen-bond acceptors (Lipinski definition) is 2. The normalized spacial score (nSPS) is 10.8. The van der Waals surface area contributed by atoms with E-state index in [2.05, 4.69) is 43.3 Å². The van der Waals surface area contributed by atoms with Crippen molar-refractivity contribution < 1.29 is 0 Å². The SMILES string of the molecule is Cc1ccccc1-c1nccn1NC(C)C. The molecular formula is C13H17N3. The van der Waals surface area contributed by atoms with Crippen molar-refractivity contribution in [2.75, 3.05) is 5.43 Å². The first-order valence-corrected chi connectivity index (χ1v) is 5.54. The zero-order valence-corrected chi connectivity index (χ0v) is 9.94. The zero-order valence-electron chi connectivity index (χ0n) is 9.94. The van der Waals surface area contributed by atoms with Crippen molar-refractivity contribution in [1.82, 2.24) is 9.66 Å². The Labute approximate surface area is 96.1 Å². The highest BCUT2D eigenvalue weighted by atomic mass is 15.4. The molecule has 0 amide bonds. The van der Waals surface area contributed by atoms with Gasteiger partial charge in [0.05, 0.1) is 0 Å². The summed E-state index contributed by atoms with van der Waals surface area (Å²) in [5, 5.41) is 0. The molecule has 3 nitrogen and oxygen atoms in total. The van der Waals surface area contributed by atoms with Crippen LogP contribution in [0.25, 0.3) is 11.4 Å². The molecule has 0 aliphatic carbocycles. The van der Waals surface area contributed by atoms with E-state index in [0.29, 0.717) is 6.04 Å². The summed E-state index contributed by atoms with van der Waals surface area (Å²) in [6.45, 7) is 6.33. The van der Waals surface area contributed by atoms with Crippen LogP contribution in [-0.2, 0) is 0 Å². The topological polar surface area (TPSA) is 29.9 Å². The third kappa shape index (κ3) is 2.08. The lowest BCUT2D eigenvalue weighted by Crippen LogP contribution is -2.22. The van der Waals surface area contributed by atoms with E-state index in [-0.39, 0.29) is 0 Å². The molecule has 0 aliphatic rings. The summed E-state index contributed by atoms with van der Waals surface area (Å²) < 4.78 is 1.98. The average molecular weight is 215 g/mol. The molecule has 0 radical (unpaired) electrons. The van der Waals surface area contributed by atoms with Crippen LogP contribution in [-0.4, -0.2) is 15.7 Å². The minimum atomic E-state index is 0.386. The van der Waals surface area contributed by atoms with Crippen LogP contribution in [0.15, 0.2) is 36.7 Å². The smallest absolute Gasteiger partial charge is 0.158 e. The van der Waals surface area contributed by atoms with Gasteiger partial charge < -0.3 is 5.43 Å². The average Bonchev–Trinajstić information content (AvgIpc) is 2.66. The molecule has 1 aromatic carbocycles. The molecule has 3 heteroatoms. The van der Waals surface area contributed by atoms with Gasteiger partial charge in [0, 0.05) is 24.0 Å². The maximum absolute atomic E-state index is 4.40. The number of rotatable bonds is 3. The molecule has 1 N–H and O–H groups in total. The number of benzene rings is 1. The molecule has 0 aliphatic heterocycles. The monoisotopic (exact) mass is 215 g/mol. The van der Waals surface area contributed by atoms with Crippen molar-refractivity contribution >= 4 is 0 Å². The lowest BCUT2D eigenvalue weighted by Gasteiger charge is -2.14. The molecule has 0 spiro atoms. The number of aryl methyl sites for hydroxylation is 1. The number of nitrogens with zero attached hydrogens (tertiary/aromatic N) is 2. The van der Waals surface area contributed by atoms with Crippen molar-refractivity contribution in [1.29, 1.82) is 0 Å². The summed E-state index contributed by atoms with van der Waals surface area (Å²) in [4.78, 5) is 4.40. The lowest BCUT2D eigenvalue weighted by atomic mass is 10.1. The Bertz CT molecular complexity index is 472. The van der Waals surface area contributed by atoms with Gasteiger partial charge in [0.15, 0.2) is 5.82 Å². The van der Waals surface area contributed by atoms with E-state index in [0.717, 1.165) is 5.82 Å². The Hall–Kier alpha value is -1.77. The van der Waals surface area contributed by atoms with E-state index in [1.165, 1.54) is 11.1 Å². The van der Waals surface area contributed by atoms with Crippen molar-refractivity contribution in [3.63, 3.8) is 0 Å². The quantitative estimate of drug-likeness (QED) is 0.853. The first kappa shape index (κ1) is 10.7. The molecule has 16 heavy (non-hydrogen) atoms. The molecule has 0 bridgehead atoms. The zero-order chi connectivity index (χ0) is 11.5. The van der Waals surface area contributed by atoms with Crippen LogP contribution in [0.5, 0.6) is 0 Å². The molecule has 1 heterocycles. The molecule has 2 aromatic rings. The van der Waals surface area contributed by atoms with Gasteiger partial charge in [-0.05, 0) is 26.3 Å². The van der Waals surface area contributed by atoms with Crippen LogP contribution >= 0.6 is 0 Å². The summed E-state index contributed by atoms with van der Waals surface area (Å²) in [5.74, 6) is 0.965. The van der Waals surface area contributed by atoms with Crippen molar-refractivity contribution in [2.45, 2.75) is 26.8 Å². The second kappa shape index (κ2) is 4.39. The van der Waals surface area contributed by atoms with Gasteiger partial charge in [0.2, 0.25) is 0 Å². The lowest BCUT2D eigenvalue weighted by molar-refractivity contribution is 0.741. The summed E-state index contributed by atoms with van der Waals surface area (Å²) in [6, 6.07) is 8.66. The molecular weight excluding hydrogens is 198 g/mol. The van der Waals surface area contributed by atoms with Crippen LogP contribution in [0.4, 0.5) is 0 Å². The molecule has 0 unspecified atom stereocenters. The molecule has 1 aromatic heterocycles. The Morgan fingerprint density at radius 2 is 2.00 bits per heavy atom. The fourth-order valence-electron chi connectivity index (χ4n) is 1.71. The number of nitrogens with one attached hydrogen (secondary N) is 1. The maximum atomic E-state index is 4.40. The second-order valence-corrected chi connectivity index (χ2v) is 4.22. The number of imidazole rings is 1. The van der Waals surface area contributed by atoms with Crippen LogP contribution in [0.2, 0.25) is 0 Å². The highest BCUT2D eigenvalue weighted by Gasteiger charge is 2.08. The minimum Gasteiger partial charge on any atom is -0.322 e. The summed E-state index contributed by atoms with van der Waals surface area (Å²) in [5.41, 5.74) is 5.74. The van der Waals surface area contributed by atoms with Gasteiger partial charge in [0.25, 0.3) is 0 Å². The maximum Gasteiger partial charge on any atom is 0.158 e. The van der Waals surface area contributed by atoms with Crippen LogP contribution in [0, 0.1) is 6.92 Å². The third-order valence-electron chi connectivity index (χ3n) is 2.42. The molecule has 0 atom stereocenters. The Morgan fingerprint density at radius 3 is 2.69 bits per heavy atom. The predicted molar refractivity (Wildman–Crippen MR) is 66.9 cm³/mol. The first-order valence-electron chi connectivity index (χ1n) is 5.54. The largest absolute Gasteiger partial charge is 0.322 e. The van der Waals surface area contributed by atoms with Gasteiger partial charge in [-0.15, -0.1) is 0 Å². The molecule has 2 rings (SSSR count). The van der Waals surface area contributed by atoms with Crippen molar-refractivity contribution in [3.05, 3.63) is 42.2 Å². The fraction of sp³-hybridized carbons (Fsp3) is 0.308. The molecule has 84 valence electrons. The summed E-state index contributed by atoms with van der Waals surface area (Å²) in [7, 11) is 0. The van der Waals surface area contributed by atoms with Gasteiger partial charge in [-0.1, -0.05) is 24.3 Å². The van der Waals surface area contributed by atoms with Crippen molar-refractivity contribution in [2.24, 2.45) is 0 Å². The highest BCUT2D eigenvalue weighted by molar-refractivity contribution is 5.60. The van der Waals surface area contributed by atoms with E-state index >= 15 is 0 Å².